The van der Waals surface area contributed by atoms with Gasteiger partial charge in [0.1, 0.15) is 6.04 Å². The Bertz CT molecular complexity index is 503. The molecule has 0 aromatic heterocycles. The summed E-state index contributed by atoms with van der Waals surface area (Å²) < 4.78 is 11.1. The molecule has 0 spiro atoms. The maximum atomic E-state index is 9.15. The molecule has 0 aliphatic heterocycles. The molecule has 1 N–H and O–H groups in total. The Labute approximate surface area is 115 Å². The van der Waals surface area contributed by atoms with Crippen molar-refractivity contribution in [2.75, 3.05) is 20.8 Å². The highest BCUT2D eigenvalue weighted by molar-refractivity contribution is 9.10. The molecule has 0 saturated heterocycles. The van der Waals surface area contributed by atoms with Crippen LogP contribution in [0.1, 0.15) is 11.6 Å². The molecule has 0 heterocycles. The molecule has 4 nitrogen and oxygen atoms in total. The third kappa shape index (κ3) is 3.16. The highest BCUT2D eigenvalue weighted by Gasteiger charge is 2.17. The van der Waals surface area contributed by atoms with Gasteiger partial charge in [0, 0.05) is 10.0 Å². The molecule has 1 aromatic rings. The van der Waals surface area contributed by atoms with Gasteiger partial charge in [-0.15, -0.1) is 6.42 Å². The van der Waals surface area contributed by atoms with Gasteiger partial charge in [-0.05, 0) is 12.1 Å². The molecule has 0 aliphatic carbocycles. The number of halogens is 1. The third-order valence-corrected chi connectivity index (χ3v) is 3.04. The monoisotopic (exact) mass is 308 g/mol. The molecular weight excluding hydrogens is 296 g/mol. The van der Waals surface area contributed by atoms with Gasteiger partial charge in [-0.2, -0.15) is 5.26 Å². The number of ether oxygens (including phenoxy) is 2. The molecule has 0 amide bonds. The Morgan fingerprint density at radius 2 is 2.00 bits per heavy atom. The second-order valence-electron chi connectivity index (χ2n) is 3.38. The molecule has 18 heavy (non-hydrogen) atoms. The number of hydrogen-bond donors (Lipinski definition) is 1. The van der Waals surface area contributed by atoms with Crippen molar-refractivity contribution in [3.05, 3.63) is 22.2 Å². The van der Waals surface area contributed by atoms with Crippen LogP contribution in [0, 0.1) is 23.7 Å². The van der Waals surface area contributed by atoms with Gasteiger partial charge in [0.05, 0.1) is 26.8 Å². The van der Waals surface area contributed by atoms with E-state index >= 15 is 0 Å². The van der Waals surface area contributed by atoms with Gasteiger partial charge in [-0.3, -0.25) is 5.32 Å². The average Bonchev–Trinajstić information content (AvgIpc) is 2.40. The van der Waals surface area contributed by atoms with Crippen molar-refractivity contribution in [3.8, 4) is 29.9 Å². The second kappa shape index (κ2) is 6.90. The number of methoxy groups -OCH3 is 2. The topological polar surface area (TPSA) is 54.3 Å². The Morgan fingerprint density at radius 1 is 1.39 bits per heavy atom. The lowest BCUT2D eigenvalue weighted by atomic mass is 10.1. The molecule has 0 radical (unpaired) electrons. The first-order chi connectivity index (χ1) is 8.67. The number of nitrogens with zero attached hydrogens (tertiary/aromatic N) is 1. The fraction of sp³-hybridized carbons (Fsp3) is 0.308. The zero-order chi connectivity index (χ0) is 13.5. The summed E-state index contributed by atoms with van der Waals surface area (Å²) in [6.07, 6.45) is 5.17. The van der Waals surface area contributed by atoms with Crippen LogP contribution in [0.5, 0.6) is 11.5 Å². The van der Waals surface area contributed by atoms with Crippen LogP contribution in [0.2, 0.25) is 0 Å². The SMILES string of the molecule is C#CCNC(C#N)c1cc(OC)c(OC)cc1Br. The number of nitriles is 1. The molecule has 94 valence electrons. The van der Waals surface area contributed by atoms with Gasteiger partial charge in [0.15, 0.2) is 11.5 Å². The molecule has 0 saturated carbocycles. The van der Waals surface area contributed by atoms with Crippen LogP contribution in [-0.4, -0.2) is 20.8 Å². The molecule has 1 aromatic carbocycles. The zero-order valence-electron chi connectivity index (χ0n) is 10.2. The summed E-state index contributed by atoms with van der Waals surface area (Å²) >= 11 is 3.41. The first kappa shape index (κ1) is 14.4. The van der Waals surface area contributed by atoms with Gasteiger partial charge in [0.2, 0.25) is 0 Å². The number of hydrogen-bond acceptors (Lipinski definition) is 4. The van der Waals surface area contributed by atoms with E-state index in [-0.39, 0.29) is 0 Å². The summed E-state index contributed by atoms with van der Waals surface area (Å²) in [5, 5.41) is 12.1. The van der Waals surface area contributed by atoms with Crippen LogP contribution >= 0.6 is 15.9 Å². The number of benzene rings is 1. The van der Waals surface area contributed by atoms with Crippen molar-refractivity contribution in [3.63, 3.8) is 0 Å². The first-order valence-corrected chi connectivity index (χ1v) is 5.95. The lowest BCUT2D eigenvalue weighted by Crippen LogP contribution is -2.20. The Hall–Kier alpha value is -1.69. The molecule has 1 unspecified atom stereocenters. The van der Waals surface area contributed by atoms with Crippen molar-refractivity contribution in [2.45, 2.75) is 6.04 Å². The summed E-state index contributed by atoms with van der Waals surface area (Å²) in [6.45, 7) is 0.318. The molecule has 0 aliphatic rings. The predicted molar refractivity (Wildman–Crippen MR) is 72.4 cm³/mol. The summed E-state index contributed by atoms with van der Waals surface area (Å²) in [6, 6.07) is 5.16. The van der Waals surface area contributed by atoms with Gasteiger partial charge >= 0.3 is 0 Å². The van der Waals surface area contributed by atoms with E-state index in [1.54, 1.807) is 26.4 Å². The standard InChI is InChI=1S/C13H13BrN2O2/c1-4-5-16-11(8-15)9-6-12(17-2)13(18-3)7-10(9)14/h1,6-7,11,16H,5H2,2-3H3. The predicted octanol–water partition coefficient (Wildman–Crippen LogP) is 2.25. The van der Waals surface area contributed by atoms with E-state index in [2.05, 4.69) is 33.2 Å². The lowest BCUT2D eigenvalue weighted by Gasteiger charge is -2.15. The first-order valence-electron chi connectivity index (χ1n) is 5.15. The minimum atomic E-state index is -0.504. The minimum Gasteiger partial charge on any atom is -0.493 e. The van der Waals surface area contributed by atoms with Gasteiger partial charge in [-0.1, -0.05) is 21.9 Å². The van der Waals surface area contributed by atoms with Crippen LogP contribution in [0.25, 0.3) is 0 Å². The number of nitrogens with one attached hydrogen (secondary N) is 1. The van der Waals surface area contributed by atoms with E-state index in [1.807, 2.05) is 0 Å². The van der Waals surface area contributed by atoms with Crippen molar-refractivity contribution in [2.24, 2.45) is 0 Å². The normalized spacial score (nSPS) is 11.2. The van der Waals surface area contributed by atoms with E-state index in [1.165, 1.54) is 0 Å². The Kier molecular flexibility index (Phi) is 5.51. The lowest BCUT2D eigenvalue weighted by molar-refractivity contribution is 0.354. The van der Waals surface area contributed by atoms with Gasteiger partial charge in [-0.25, -0.2) is 0 Å². The molecule has 0 bridgehead atoms. The highest BCUT2D eigenvalue weighted by Crippen LogP contribution is 2.35. The molecular formula is C13H13BrN2O2. The molecule has 5 heteroatoms. The Balaban J connectivity index is 3.16. The van der Waals surface area contributed by atoms with Crippen molar-refractivity contribution in [1.82, 2.24) is 5.32 Å². The second-order valence-corrected chi connectivity index (χ2v) is 4.23. The molecule has 0 fully saturated rings. The van der Waals surface area contributed by atoms with Crippen molar-refractivity contribution in [1.29, 1.82) is 5.26 Å². The molecule has 1 atom stereocenters. The van der Waals surface area contributed by atoms with E-state index in [0.717, 1.165) is 10.0 Å². The fourth-order valence-electron chi connectivity index (χ4n) is 1.48. The molecule has 1 rings (SSSR count). The van der Waals surface area contributed by atoms with Gasteiger partial charge in [0.25, 0.3) is 0 Å². The van der Waals surface area contributed by atoms with E-state index in [4.69, 9.17) is 21.2 Å². The van der Waals surface area contributed by atoms with Crippen LogP contribution in [0.3, 0.4) is 0 Å². The Morgan fingerprint density at radius 3 is 2.50 bits per heavy atom. The number of rotatable bonds is 5. The number of terminal acetylenes is 1. The maximum Gasteiger partial charge on any atom is 0.161 e. The summed E-state index contributed by atoms with van der Waals surface area (Å²) in [5.41, 5.74) is 0.755. The fourth-order valence-corrected chi connectivity index (χ4v) is 2.03. The van der Waals surface area contributed by atoms with Gasteiger partial charge < -0.3 is 9.47 Å². The van der Waals surface area contributed by atoms with E-state index in [0.29, 0.717) is 18.0 Å². The van der Waals surface area contributed by atoms with Crippen molar-refractivity contribution < 1.29 is 9.47 Å². The van der Waals surface area contributed by atoms with Crippen molar-refractivity contribution >= 4 is 15.9 Å². The third-order valence-electron chi connectivity index (χ3n) is 2.35. The van der Waals surface area contributed by atoms with Crippen LogP contribution in [0.15, 0.2) is 16.6 Å². The zero-order valence-corrected chi connectivity index (χ0v) is 11.7. The average molecular weight is 309 g/mol. The summed E-state index contributed by atoms with van der Waals surface area (Å²) in [5.74, 6) is 3.61. The largest absolute Gasteiger partial charge is 0.493 e. The maximum absolute atomic E-state index is 9.15. The highest BCUT2D eigenvalue weighted by atomic mass is 79.9. The smallest absolute Gasteiger partial charge is 0.161 e. The summed E-state index contributed by atoms with van der Waals surface area (Å²) in [7, 11) is 3.11. The van der Waals surface area contributed by atoms with Crippen LogP contribution < -0.4 is 14.8 Å². The quantitative estimate of drug-likeness (QED) is 0.848. The van der Waals surface area contributed by atoms with Crippen LogP contribution in [0.4, 0.5) is 0 Å². The van der Waals surface area contributed by atoms with Crippen LogP contribution in [-0.2, 0) is 0 Å². The summed E-state index contributed by atoms with van der Waals surface area (Å²) in [4.78, 5) is 0. The van der Waals surface area contributed by atoms with E-state index < -0.39 is 6.04 Å². The minimum absolute atomic E-state index is 0.318. The van der Waals surface area contributed by atoms with E-state index in [9.17, 15) is 0 Å².